The van der Waals surface area contributed by atoms with Crippen LogP contribution < -0.4 is 10.0 Å². The third-order valence-electron chi connectivity index (χ3n) is 2.72. The molecule has 1 aromatic heterocycles. The Labute approximate surface area is 120 Å². The van der Waals surface area contributed by atoms with E-state index in [4.69, 9.17) is 4.74 Å². The molecule has 1 heterocycles. The first-order chi connectivity index (χ1) is 9.36. The van der Waals surface area contributed by atoms with Crippen LogP contribution in [0.4, 0.5) is 0 Å². The average molecular weight is 304 g/mol. The Kier molecular flexibility index (Phi) is 6.60. The Morgan fingerprint density at radius 3 is 2.70 bits per heavy atom. The number of H-pyrrole nitrogens is 1. The summed E-state index contributed by atoms with van der Waals surface area (Å²) in [6.07, 6.45) is 1.53. The lowest BCUT2D eigenvalue weighted by Crippen LogP contribution is -2.31. The van der Waals surface area contributed by atoms with Crippen molar-refractivity contribution in [2.24, 2.45) is 5.92 Å². The van der Waals surface area contributed by atoms with E-state index in [2.05, 4.69) is 20.2 Å². The van der Waals surface area contributed by atoms with E-state index < -0.39 is 10.0 Å². The molecule has 0 aliphatic rings. The maximum atomic E-state index is 12.2. The summed E-state index contributed by atoms with van der Waals surface area (Å²) < 4.78 is 32.0. The van der Waals surface area contributed by atoms with Gasteiger partial charge < -0.3 is 10.1 Å². The van der Waals surface area contributed by atoms with Crippen molar-refractivity contribution in [3.63, 3.8) is 0 Å². The van der Waals surface area contributed by atoms with Gasteiger partial charge in [-0.25, -0.2) is 13.1 Å². The Morgan fingerprint density at radius 1 is 1.40 bits per heavy atom. The largest absolute Gasteiger partial charge is 0.384 e. The van der Waals surface area contributed by atoms with Crippen LogP contribution in [-0.4, -0.2) is 44.9 Å². The molecule has 1 atom stereocenters. The molecule has 1 rings (SSSR count). The summed E-state index contributed by atoms with van der Waals surface area (Å²) in [5.74, 6) is 0.106. The normalized spacial score (nSPS) is 13.8. The number of aromatic nitrogens is 2. The zero-order valence-corrected chi connectivity index (χ0v) is 13.3. The van der Waals surface area contributed by atoms with Crippen LogP contribution in [-0.2, 0) is 21.3 Å². The fourth-order valence-corrected chi connectivity index (χ4v) is 2.93. The maximum Gasteiger partial charge on any atom is 0.257 e. The highest BCUT2D eigenvalue weighted by atomic mass is 32.2. The van der Waals surface area contributed by atoms with Crippen molar-refractivity contribution in [2.75, 3.05) is 20.3 Å². The minimum Gasteiger partial charge on any atom is -0.384 e. The van der Waals surface area contributed by atoms with Crippen LogP contribution in [0.25, 0.3) is 0 Å². The summed E-state index contributed by atoms with van der Waals surface area (Å²) in [6.45, 7) is 7.20. The summed E-state index contributed by atoms with van der Waals surface area (Å²) >= 11 is 0. The number of ether oxygens (including phenoxy) is 1. The molecule has 3 N–H and O–H groups in total. The summed E-state index contributed by atoms with van der Waals surface area (Å²) in [7, 11) is -1.98. The molecule has 20 heavy (non-hydrogen) atoms. The number of nitrogens with one attached hydrogen (secondary N) is 3. The van der Waals surface area contributed by atoms with Crippen LogP contribution >= 0.6 is 0 Å². The predicted molar refractivity (Wildman–Crippen MR) is 76.8 cm³/mol. The third kappa shape index (κ3) is 5.20. The summed E-state index contributed by atoms with van der Waals surface area (Å²) in [5, 5.41) is 9.67. The smallest absolute Gasteiger partial charge is 0.257 e. The molecule has 7 nitrogen and oxygen atoms in total. The van der Waals surface area contributed by atoms with Gasteiger partial charge in [-0.3, -0.25) is 5.10 Å². The number of aromatic amines is 1. The summed E-state index contributed by atoms with van der Waals surface area (Å²) in [5.41, 5.74) is 0.630. The highest BCUT2D eigenvalue weighted by molar-refractivity contribution is 7.89. The van der Waals surface area contributed by atoms with E-state index in [9.17, 15) is 8.42 Å². The van der Waals surface area contributed by atoms with Gasteiger partial charge >= 0.3 is 0 Å². The molecule has 1 aromatic rings. The van der Waals surface area contributed by atoms with Crippen LogP contribution in [0.2, 0.25) is 0 Å². The summed E-state index contributed by atoms with van der Waals surface area (Å²) in [6, 6.07) is 0.273. The van der Waals surface area contributed by atoms with Gasteiger partial charge in [-0.1, -0.05) is 20.8 Å². The van der Waals surface area contributed by atoms with Crippen LogP contribution in [0.3, 0.4) is 0 Å². The van der Waals surface area contributed by atoms with Gasteiger partial charge in [-0.15, -0.1) is 0 Å². The standard InChI is InChI=1S/C12H24N4O3S/c1-9(2)13-6-11-7-14-16-12(11)20(17,18)15-5-10(3)8-19-4/h7,9-10,13,15H,5-6,8H2,1-4H3,(H,14,16). The zero-order valence-electron chi connectivity index (χ0n) is 12.4. The number of sulfonamides is 1. The second-order valence-electron chi connectivity index (χ2n) is 5.17. The van der Waals surface area contributed by atoms with Crippen LogP contribution in [0, 0.1) is 5.92 Å². The van der Waals surface area contributed by atoms with E-state index in [-0.39, 0.29) is 17.0 Å². The molecule has 0 aliphatic heterocycles. The summed E-state index contributed by atoms with van der Waals surface area (Å²) in [4.78, 5) is 0. The molecular weight excluding hydrogens is 280 g/mol. The van der Waals surface area contributed by atoms with Gasteiger partial charge in [-0.2, -0.15) is 5.10 Å². The molecule has 0 amide bonds. The Bertz CT molecular complexity index is 499. The molecule has 0 saturated carbocycles. The quantitative estimate of drug-likeness (QED) is 0.616. The predicted octanol–water partition coefficient (Wildman–Crippen LogP) is 0.469. The van der Waals surface area contributed by atoms with Crippen molar-refractivity contribution in [3.8, 4) is 0 Å². The Hall–Kier alpha value is -0.960. The van der Waals surface area contributed by atoms with E-state index in [0.717, 1.165) is 0 Å². The van der Waals surface area contributed by atoms with Crippen LogP contribution in [0.5, 0.6) is 0 Å². The third-order valence-corrected chi connectivity index (χ3v) is 4.16. The van der Waals surface area contributed by atoms with E-state index in [0.29, 0.717) is 25.3 Å². The van der Waals surface area contributed by atoms with Gasteiger partial charge in [0.05, 0.1) is 6.20 Å². The second-order valence-corrected chi connectivity index (χ2v) is 6.88. The number of nitrogens with zero attached hydrogens (tertiary/aromatic N) is 1. The van der Waals surface area contributed by atoms with Gasteiger partial charge in [-0.05, 0) is 5.92 Å². The highest BCUT2D eigenvalue weighted by Crippen LogP contribution is 2.12. The van der Waals surface area contributed by atoms with Crippen molar-refractivity contribution in [3.05, 3.63) is 11.8 Å². The molecule has 1 unspecified atom stereocenters. The van der Waals surface area contributed by atoms with Crippen molar-refractivity contribution < 1.29 is 13.2 Å². The first kappa shape index (κ1) is 17.1. The van der Waals surface area contributed by atoms with Crippen molar-refractivity contribution in [2.45, 2.75) is 38.4 Å². The maximum absolute atomic E-state index is 12.2. The Balaban J connectivity index is 2.70. The fourth-order valence-electron chi connectivity index (χ4n) is 1.64. The first-order valence-corrected chi connectivity index (χ1v) is 8.09. The number of methoxy groups -OCH3 is 1. The van der Waals surface area contributed by atoms with Crippen molar-refractivity contribution in [1.82, 2.24) is 20.2 Å². The van der Waals surface area contributed by atoms with E-state index in [1.807, 2.05) is 20.8 Å². The van der Waals surface area contributed by atoms with Crippen molar-refractivity contribution >= 4 is 10.0 Å². The van der Waals surface area contributed by atoms with Gasteiger partial charge in [0.2, 0.25) is 0 Å². The zero-order chi connectivity index (χ0) is 15.2. The second kappa shape index (κ2) is 7.72. The first-order valence-electron chi connectivity index (χ1n) is 6.61. The van der Waals surface area contributed by atoms with Gasteiger partial charge in [0.25, 0.3) is 10.0 Å². The number of hydrogen-bond donors (Lipinski definition) is 3. The lowest BCUT2D eigenvalue weighted by Gasteiger charge is -2.12. The topological polar surface area (TPSA) is 96.1 Å². The lowest BCUT2D eigenvalue weighted by atomic mass is 10.2. The highest BCUT2D eigenvalue weighted by Gasteiger charge is 2.21. The Morgan fingerprint density at radius 2 is 2.10 bits per heavy atom. The molecular formula is C12H24N4O3S. The molecule has 0 saturated heterocycles. The minimum atomic E-state index is -3.57. The molecule has 116 valence electrons. The van der Waals surface area contributed by atoms with Crippen LogP contribution in [0.15, 0.2) is 11.2 Å². The molecule has 0 spiro atoms. The number of hydrogen-bond acceptors (Lipinski definition) is 5. The van der Waals surface area contributed by atoms with E-state index in [1.54, 1.807) is 7.11 Å². The molecule has 0 aliphatic carbocycles. The van der Waals surface area contributed by atoms with Gasteiger partial charge in [0, 0.05) is 38.4 Å². The fraction of sp³-hybridized carbons (Fsp3) is 0.750. The molecule has 0 aromatic carbocycles. The lowest BCUT2D eigenvalue weighted by molar-refractivity contribution is 0.161. The molecule has 8 heteroatoms. The van der Waals surface area contributed by atoms with Gasteiger partial charge in [0.1, 0.15) is 0 Å². The molecule has 0 fully saturated rings. The minimum absolute atomic E-state index is 0.106. The SMILES string of the molecule is COCC(C)CNS(=O)(=O)c1[nH]ncc1CNC(C)C. The van der Waals surface area contributed by atoms with E-state index >= 15 is 0 Å². The molecule has 0 bridgehead atoms. The van der Waals surface area contributed by atoms with Crippen LogP contribution in [0.1, 0.15) is 26.3 Å². The van der Waals surface area contributed by atoms with Crippen molar-refractivity contribution in [1.29, 1.82) is 0 Å². The monoisotopic (exact) mass is 304 g/mol. The molecule has 0 radical (unpaired) electrons. The van der Waals surface area contributed by atoms with E-state index in [1.165, 1.54) is 6.20 Å². The average Bonchev–Trinajstić information content (AvgIpc) is 2.83. The van der Waals surface area contributed by atoms with Gasteiger partial charge in [0.15, 0.2) is 5.03 Å². The number of rotatable bonds is 9.